The lowest BCUT2D eigenvalue weighted by molar-refractivity contribution is -0.127. The van der Waals surface area contributed by atoms with E-state index in [0.717, 1.165) is 0 Å². The van der Waals surface area contributed by atoms with Crippen LogP contribution in [0.5, 0.6) is 0 Å². The van der Waals surface area contributed by atoms with Crippen LogP contribution in [0, 0.1) is 0 Å². The SMILES string of the molecule is CC(C)(C)NCC(F)(F)C(F)F. The van der Waals surface area contributed by atoms with Gasteiger partial charge < -0.3 is 5.32 Å². The summed E-state index contributed by atoms with van der Waals surface area (Å²) >= 11 is 0. The highest BCUT2D eigenvalue weighted by atomic mass is 19.3. The van der Waals surface area contributed by atoms with E-state index < -0.39 is 24.4 Å². The Hall–Kier alpha value is -0.320. The van der Waals surface area contributed by atoms with Crippen LogP contribution >= 0.6 is 0 Å². The summed E-state index contributed by atoms with van der Waals surface area (Å²) in [5.74, 6) is -3.94. The van der Waals surface area contributed by atoms with E-state index in [-0.39, 0.29) is 0 Å². The Morgan fingerprint density at radius 2 is 1.58 bits per heavy atom. The fraction of sp³-hybridized carbons (Fsp3) is 1.00. The summed E-state index contributed by atoms with van der Waals surface area (Å²) in [7, 11) is 0. The summed E-state index contributed by atoms with van der Waals surface area (Å²) in [5, 5.41) is 2.31. The van der Waals surface area contributed by atoms with Crippen molar-refractivity contribution >= 4 is 0 Å². The molecule has 0 atom stereocenters. The van der Waals surface area contributed by atoms with Gasteiger partial charge in [0.15, 0.2) is 0 Å². The molecule has 0 aromatic carbocycles. The van der Waals surface area contributed by atoms with E-state index in [2.05, 4.69) is 5.32 Å². The summed E-state index contributed by atoms with van der Waals surface area (Å²) in [6.07, 6.45) is -3.60. The maximum atomic E-state index is 12.3. The highest BCUT2D eigenvalue weighted by Crippen LogP contribution is 2.22. The molecule has 0 aromatic rings. The molecule has 74 valence electrons. The van der Waals surface area contributed by atoms with Crippen LogP contribution in [0.2, 0.25) is 0 Å². The molecule has 0 amide bonds. The zero-order chi connectivity index (χ0) is 9.99. The lowest BCUT2D eigenvalue weighted by atomic mass is 10.1. The van der Waals surface area contributed by atoms with Crippen LogP contribution in [-0.2, 0) is 0 Å². The Balaban J connectivity index is 3.93. The molecular formula is C7H13F4N. The number of hydrogen-bond acceptors (Lipinski definition) is 1. The van der Waals surface area contributed by atoms with Crippen LogP contribution in [0.25, 0.3) is 0 Å². The lowest BCUT2D eigenvalue weighted by Crippen LogP contribution is -2.46. The minimum Gasteiger partial charge on any atom is -0.306 e. The number of rotatable bonds is 3. The van der Waals surface area contributed by atoms with Crippen molar-refractivity contribution in [2.45, 2.75) is 38.7 Å². The van der Waals surface area contributed by atoms with Crippen LogP contribution in [-0.4, -0.2) is 24.4 Å². The Bertz CT molecular complexity index is 139. The fourth-order valence-electron chi connectivity index (χ4n) is 0.460. The van der Waals surface area contributed by atoms with Crippen molar-refractivity contribution < 1.29 is 17.6 Å². The molecule has 0 bridgehead atoms. The van der Waals surface area contributed by atoms with Crippen molar-refractivity contribution in [2.75, 3.05) is 6.54 Å². The molecule has 0 unspecified atom stereocenters. The molecular weight excluding hydrogens is 174 g/mol. The molecule has 5 heteroatoms. The van der Waals surface area contributed by atoms with Crippen LogP contribution in [0.3, 0.4) is 0 Å². The number of hydrogen-bond donors (Lipinski definition) is 1. The van der Waals surface area contributed by atoms with Crippen molar-refractivity contribution in [1.29, 1.82) is 0 Å². The lowest BCUT2D eigenvalue weighted by Gasteiger charge is -2.24. The number of nitrogens with one attached hydrogen (secondary N) is 1. The molecule has 0 aromatic heterocycles. The Kier molecular flexibility index (Phi) is 3.50. The van der Waals surface area contributed by atoms with Gasteiger partial charge >= 0.3 is 12.3 Å². The van der Waals surface area contributed by atoms with E-state index in [1.807, 2.05) is 0 Å². The minimum atomic E-state index is -3.94. The van der Waals surface area contributed by atoms with Gasteiger partial charge in [-0.05, 0) is 20.8 Å². The summed E-state index contributed by atoms with van der Waals surface area (Å²) in [6, 6.07) is 0. The van der Waals surface area contributed by atoms with E-state index in [4.69, 9.17) is 0 Å². The van der Waals surface area contributed by atoms with E-state index in [1.165, 1.54) is 0 Å². The van der Waals surface area contributed by atoms with Crippen LogP contribution < -0.4 is 5.32 Å². The Labute approximate surface area is 69.1 Å². The first kappa shape index (κ1) is 11.7. The molecule has 0 heterocycles. The van der Waals surface area contributed by atoms with Gasteiger partial charge in [0.25, 0.3) is 0 Å². The average Bonchev–Trinajstić information content (AvgIpc) is 1.82. The summed E-state index contributed by atoms with van der Waals surface area (Å²) in [6.45, 7) is 3.91. The smallest absolute Gasteiger partial charge is 0.306 e. The minimum absolute atomic E-state index is 0.571. The number of alkyl halides is 4. The second kappa shape index (κ2) is 3.60. The third-order valence-corrected chi connectivity index (χ3v) is 1.17. The van der Waals surface area contributed by atoms with Gasteiger partial charge in [-0.2, -0.15) is 8.78 Å². The van der Waals surface area contributed by atoms with Gasteiger partial charge in [0, 0.05) is 5.54 Å². The molecule has 0 aliphatic carbocycles. The Morgan fingerprint density at radius 3 is 1.83 bits per heavy atom. The van der Waals surface area contributed by atoms with Crippen molar-refractivity contribution in [2.24, 2.45) is 0 Å². The first-order chi connectivity index (χ1) is 5.15. The molecule has 0 spiro atoms. The molecule has 1 nitrogen and oxygen atoms in total. The second-order valence-corrected chi connectivity index (χ2v) is 3.67. The summed E-state index contributed by atoms with van der Waals surface area (Å²) in [4.78, 5) is 0. The van der Waals surface area contributed by atoms with Crippen LogP contribution in [0.4, 0.5) is 17.6 Å². The third-order valence-electron chi connectivity index (χ3n) is 1.17. The van der Waals surface area contributed by atoms with Gasteiger partial charge in [0.1, 0.15) is 0 Å². The second-order valence-electron chi connectivity index (χ2n) is 3.67. The van der Waals surface area contributed by atoms with Crippen LogP contribution in [0.1, 0.15) is 20.8 Å². The molecule has 1 N–H and O–H groups in total. The van der Waals surface area contributed by atoms with Crippen molar-refractivity contribution in [3.05, 3.63) is 0 Å². The van der Waals surface area contributed by atoms with Crippen molar-refractivity contribution in [3.8, 4) is 0 Å². The molecule has 0 saturated heterocycles. The Morgan fingerprint density at radius 1 is 1.17 bits per heavy atom. The quantitative estimate of drug-likeness (QED) is 0.668. The van der Waals surface area contributed by atoms with Gasteiger partial charge in [-0.15, -0.1) is 0 Å². The standard InChI is InChI=1S/C7H13F4N/c1-6(2,3)12-4-7(10,11)5(8)9/h5,12H,4H2,1-3H3. The zero-order valence-electron chi connectivity index (χ0n) is 7.30. The molecule has 0 radical (unpaired) electrons. The highest BCUT2D eigenvalue weighted by molar-refractivity contribution is 4.78. The van der Waals surface area contributed by atoms with Crippen molar-refractivity contribution in [1.82, 2.24) is 5.32 Å². The monoisotopic (exact) mass is 187 g/mol. The topological polar surface area (TPSA) is 12.0 Å². The number of halogens is 4. The molecule has 0 saturated carbocycles. The van der Waals surface area contributed by atoms with Gasteiger partial charge in [0.2, 0.25) is 0 Å². The fourth-order valence-corrected chi connectivity index (χ4v) is 0.460. The first-order valence-electron chi connectivity index (χ1n) is 3.56. The van der Waals surface area contributed by atoms with Gasteiger partial charge in [0.05, 0.1) is 6.54 Å². The van der Waals surface area contributed by atoms with Crippen LogP contribution in [0.15, 0.2) is 0 Å². The molecule has 0 fully saturated rings. The van der Waals surface area contributed by atoms with E-state index >= 15 is 0 Å². The third kappa shape index (κ3) is 4.54. The molecule has 12 heavy (non-hydrogen) atoms. The van der Waals surface area contributed by atoms with E-state index in [0.29, 0.717) is 0 Å². The summed E-state index contributed by atoms with van der Waals surface area (Å²) < 4.78 is 47.7. The summed E-state index contributed by atoms with van der Waals surface area (Å²) in [5.41, 5.74) is -0.571. The predicted molar refractivity (Wildman–Crippen MR) is 38.7 cm³/mol. The predicted octanol–water partition coefficient (Wildman–Crippen LogP) is 2.27. The first-order valence-corrected chi connectivity index (χ1v) is 3.56. The maximum Gasteiger partial charge on any atom is 0.319 e. The average molecular weight is 187 g/mol. The van der Waals surface area contributed by atoms with E-state index in [1.54, 1.807) is 20.8 Å². The normalized spacial score (nSPS) is 14.0. The molecule has 0 aliphatic rings. The van der Waals surface area contributed by atoms with Crippen molar-refractivity contribution in [3.63, 3.8) is 0 Å². The van der Waals surface area contributed by atoms with Gasteiger partial charge in [-0.1, -0.05) is 0 Å². The molecule has 0 aliphatic heterocycles. The highest BCUT2D eigenvalue weighted by Gasteiger charge is 2.40. The molecule has 0 rings (SSSR count). The largest absolute Gasteiger partial charge is 0.319 e. The van der Waals surface area contributed by atoms with E-state index in [9.17, 15) is 17.6 Å². The van der Waals surface area contributed by atoms with Gasteiger partial charge in [-0.25, -0.2) is 8.78 Å². The maximum absolute atomic E-state index is 12.3. The van der Waals surface area contributed by atoms with Gasteiger partial charge in [-0.3, -0.25) is 0 Å². The zero-order valence-corrected chi connectivity index (χ0v) is 7.30.